The van der Waals surface area contributed by atoms with Gasteiger partial charge in [0.25, 0.3) is 0 Å². The molecule has 0 aromatic carbocycles. The van der Waals surface area contributed by atoms with E-state index >= 15 is 0 Å². The highest BCUT2D eigenvalue weighted by Crippen LogP contribution is 2.34. The van der Waals surface area contributed by atoms with Gasteiger partial charge in [0, 0.05) is 6.04 Å². The molecular weight excluding hydrogens is 176 g/mol. The third-order valence-electron chi connectivity index (χ3n) is 3.87. The molecule has 1 heterocycles. The predicted octanol–water partition coefficient (Wildman–Crippen LogP) is 1.34. The fourth-order valence-electron chi connectivity index (χ4n) is 2.41. The molecule has 1 N–H and O–H groups in total. The average Bonchev–Trinajstić information content (AvgIpc) is 2.41. The molecule has 1 saturated heterocycles. The smallest absolute Gasteiger partial charge is 0.243 e. The van der Waals surface area contributed by atoms with Gasteiger partial charge in [0.15, 0.2) is 0 Å². The van der Waals surface area contributed by atoms with Crippen molar-refractivity contribution in [3.8, 4) is 0 Å². The highest BCUT2D eigenvalue weighted by atomic mass is 16.2. The van der Waals surface area contributed by atoms with E-state index in [0.29, 0.717) is 11.9 Å². The van der Waals surface area contributed by atoms with E-state index in [-0.39, 0.29) is 5.54 Å². The molecule has 2 fully saturated rings. The number of carbonyl (C=O) groups excluding carboxylic acids is 1. The molecule has 1 amide bonds. The second kappa shape index (κ2) is 3.23. The Balaban J connectivity index is 2.00. The average molecular weight is 196 g/mol. The lowest BCUT2D eigenvalue weighted by atomic mass is 9.80. The zero-order valence-corrected chi connectivity index (χ0v) is 9.34. The molecule has 80 valence electrons. The van der Waals surface area contributed by atoms with Crippen molar-refractivity contribution in [1.29, 1.82) is 0 Å². The monoisotopic (exact) mass is 196 g/mol. The summed E-state index contributed by atoms with van der Waals surface area (Å²) in [7, 11) is 0. The minimum atomic E-state index is -0.293. The van der Waals surface area contributed by atoms with Gasteiger partial charge in [-0.1, -0.05) is 13.8 Å². The van der Waals surface area contributed by atoms with Crippen molar-refractivity contribution in [2.75, 3.05) is 6.67 Å². The van der Waals surface area contributed by atoms with E-state index in [9.17, 15) is 4.79 Å². The largest absolute Gasteiger partial charge is 0.325 e. The molecule has 0 spiro atoms. The number of nitrogens with zero attached hydrogens (tertiary/aromatic N) is 1. The zero-order valence-electron chi connectivity index (χ0n) is 9.34. The third-order valence-corrected chi connectivity index (χ3v) is 3.87. The predicted molar refractivity (Wildman–Crippen MR) is 55.7 cm³/mol. The molecule has 1 saturated carbocycles. The van der Waals surface area contributed by atoms with Crippen molar-refractivity contribution < 1.29 is 4.79 Å². The van der Waals surface area contributed by atoms with Crippen LogP contribution in [-0.2, 0) is 4.79 Å². The van der Waals surface area contributed by atoms with Gasteiger partial charge in [0.1, 0.15) is 0 Å². The maximum absolute atomic E-state index is 12.1. The Morgan fingerprint density at radius 1 is 1.57 bits per heavy atom. The van der Waals surface area contributed by atoms with Crippen LogP contribution in [0.4, 0.5) is 0 Å². The lowest BCUT2D eigenvalue weighted by Crippen LogP contribution is -2.48. The molecule has 0 radical (unpaired) electrons. The minimum absolute atomic E-state index is 0.293. The maximum atomic E-state index is 12.1. The van der Waals surface area contributed by atoms with Crippen LogP contribution in [0, 0.1) is 5.92 Å². The minimum Gasteiger partial charge on any atom is -0.325 e. The topological polar surface area (TPSA) is 32.3 Å². The molecule has 3 heteroatoms. The van der Waals surface area contributed by atoms with E-state index in [2.05, 4.69) is 19.2 Å². The van der Waals surface area contributed by atoms with Crippen molar-refractivity contribution in [2.45, 2.75) is 51.6 Å². The lowest BCUT2D eigenvalue weighted by Gasteiger charge is -2.39. The molecule has 0 aromatic heterocycles. The number of nitrogens with one attached hydrogen (secondary N) is 1. The number of rotatable bonds is 2. The van der Waals surface area contributed by atoms with Gasteiger partial charge in [-0.15, -0.1) is 0 Å². The van der Waals surface area contributed by atoms with Gasteiger partial charge in [-0.3, -0.25) is 10.1 Å². The van der Waals surface area contributed by atoms with Gasteiger partial charge in [0.2, 0.25) is 5.91 Å². The van der Waals surface area contributed by atoms with Crippen molar-refractivity contribution in [2.24, 2.45) is 5.92 Å². The Labute approximate surface area is 85.8 Å². The molecule has 0 aromatic rings. The molecule has 1 unspecified atom stereocenters. The van der Waals surface area contributed by atoms with Crippen LogP contribution in [-0.4, -0.2) is 29.1 Å². The van der Waals surface area contributed by atoms with Gasteiger partial charge >= 0.3 is 0 Å². The van der Waals surface area contributed by atoms with Crippen molar-refractivity contribution >= 4 is 5.91 Å². The van der Waals surface area contributed by atoms with Crippen LogP contribution in [0.2, 0.25) is 0 Å². The summed E-state index contributed by atoms with van der Waals surface area (Å²) in [5.74, 6) is 1.11. The first-order valence-corrected chi connectivity index (χ1v) is 5.63. The normalized spacial score (nSPS) is 42.8. The molecule has 1 atom stereocenters. The molecule has 14 heavy (non-hydrogen) atoms. The SMILES string of the molecule is CCC1(C)NCN(C2CC(C)C2)C1=O. The van der Waals surface area contributed by atoms with Crippen LogP contribution in [0.15, 0.2) is 0 Å². The Morgan fingerprint density at radius 3 is 2.64 bits per heavy atom. The zero-order chi connectivity index (χ0) is 10.3. The van der Waals surface area contributed by atoms with E-state index in [0.717, 1.165) is 19.0 Å². The Morgan fingerprint density at radius 2 is 2.21 bits per heavy atom. The number of hydrogen-bond donors (Lipinski definition) is 1. The first kappa shape index (κ1) is 9.97. The van der Waals surface area contributed by atoms with Gasteiger partial charge in [0.05, 0.1) is 12.2 Å². The summed E-state index contributed by atoms with van der Waals surface area (Å²) < 4.78 is 0. The van der Waals surface area contributed by atoms with Gasteiger partial charge in [-0.05, 0) is 32.1 Å². The number of amides is 1. The first-order chi connectivity index (χ1) is 6.57. The maximum Gasteiger partial charge on any atom is 0.243 e. The molecule has 2 rings (SSSR count). The van der Waals surface area contributed by atoms with E-state index < -0.39 is 0 Å². The van der Waals surface area contributed by atoms with Gasteiger partial charge < -0.3 is 4.90 Å². The Bertz CT molecular complexity index is 248. The highest BCUT2D eigenvalue weighted by molar-refractivity contribution is 5.88. The molecule has 3 nitrogen and oxygen atoms in total. The van der Waals surface area contributed by atoms with E-state index in [4.69, 9.17) is 0 Å². The summed E-state index contributed by atoms with van der Waals surface area (Å²) >= 11 is 0. The molecule has 1 aliphatic carbocycles. The van der Waals surface area contributed by atoms with Gasteiger partial charge in [-0.25, -0.2) is 0 Å². The highest BCUT2D eigenvalue weighted by Gasteiger charge is 2.45. The van der Waals surface area contributed by atoms with Gasteiger partial charge in [-0.2, -0.15) is 0 Å². The summed E-state index contributed by atoms with van der Waals surface area (Å²) in [5, 5.41) is 3.32. The molecular formula is C11H20N2O. The summed E-state index contributed by atoms with van der Waals surface area (Å²) in [6.07, 6.45) is 3.25. The first-order valence-electron chi connectivity index (χ1n) is 5.63. The Kier molecular flexibility index (Phi) is 2.30. The number of hydrogen-bond acceptors (Lipinski definition) is 2. The van der Waals surface area contributed by atoms with Crippen molar-refractivity contribution in [3.63, 3.8) is 0 Å². The third kappa shape index (κ3) is 1.34. The van der Waals surface area contributed by atoms with Crippen LogP contribution >= 0.6 is 0 Å². The van der Waals surface area contributed by atoms with E-state index in [1.165, 1.54) is 12.8 Å². The summed E-state index contributed by atoms with van der Waals surface area (Å²) in [5.41, 5.74) is -0.293. The van der Waals surface area contributed by atoms with Crippen LogP contribution in [0.25, 0.3) is 0 Å². The fraction of sp³-hybridized carbons (Fsp3) is 0.909. The van der Waals surface area contributed by atoms with E-state index in [1.807, 2.05) is 11.8 Å². The second-order valence-corrected chi connectivity index (χ2v) is 5.03. The summed E-state index contributed by atoms with van der Waals surface area (Å²) in [6.45, 7) is 7.08. The summed E-state index contributed by atoms with van der Waals surface area (Å²) in [6, 6.07) is 0.512. The molecule has 0 bridgehead atoms. The van der Waals surface area contributed by atoms with Crippen LogP contribution < -0.4 is 5.32 Å². The second-order valence-electron chi connectivity index (χ2n) is 5.03. The van der Waals surface area contributed by atoms with E-state index in [1.54, 1.807) is 0 Å². The lowest BCUT2D eigenvalue weighted by molar-refractivity contribution is -0.136. The molecule has 1 aliphatic heterocycles. The Hall–Kier alpha value is -0.570. The van der Waals surface area contributed by atoms with Crippen LogP contribution in [0.3, 0.4) is 0 Å². The van der Waals surface area contributed by atoms with Crippen molar-refractivity contribution in [1.82, 2.24) is 10.2 Å². The standard InChI is InChI=1S/C11H20N2O/c1-4-11(3)10(14)13(7-12-11)9-5-8(2)6-9/h8-9,12H,4-7H2,1-3H3. The van der Waals surface area contributed by atoms with Crippen LogP contribution in [0.5, 0.6) is 0 Å². The number of carbonyl (C=O) groups is 1. The fourth-order valence-corrected chi connectivity index (χ4v) is 2.41. The van der Waals surface area contributed by atoms with Crippen molar-refractivity contribution in [3.05, 3.63) is 0 Å². The molecule has 2 aliphatic rings. The quantitative estimate of drug-likeness (QED) is 0.723. The summed E-state index contributed by atoms with van der Waals surface area (Å²) in [4.78, 5) is 14.1. The van der Waals surface area contributed by atoms with Crippen LogP contribution in [0.1, 0.15) is 40.0 Å².